The van der Waals surface area contributed by atoms with Crippen molar-refractivity contribution < 1.29 is 0 Å². The summed E-state index contributed by atoms with van der Waals surface area (Å²) in [6, 6.07) is 38.5. The lowest BCUT2D eigenvalue weighted by atomic mass is 9.84. The summed E-state index contributed by atoms with van der Waals surface area (Å²) in [4.78, 5) is 0. The molecule has 5 rings (SSSR count). The Kier molecular flexibility index (Phi) is 4.31. The third-order valence-electron chi connectivity index (χ3n) is 5.50. The second kappa shape index (κ2) is 7.26. The maximum atomic E-state index is 9.18. The van der Waals surface area contributed by atoms with E-state index < -0.39 is 0 Å². The van der Waals surface area contributed by atoms with Crippen LogP contribution in [-0.4, -0.2) is 0 Å². The number of hydrogen-bond donors (Lipinski definition) is 0. The SMILES string of the molecule is N#CCc1ccc2c(-c3ccccc3)c(-c3ccccc3)c3ccccc3c2c1. The molecule has 0 saturated carbocycles. The minimum absolute atomic E-state index is 0.422. The first kappa shape index (κ1) is 17.2. The van der Waals surface area contributed by atoms with Crippen LogP contribution in [0.25, 0.3) is 43.8 Å². The molecule has 0 N–H and O–H groups in total. The van der Waals surface area contributed by atoms with E-state index >= 15 is 0 Å². The van der Waals surface area contributed by atoms with Crippen LogP contribution in [0.4, 0.5) is 0 Å². The lowest BCUT2D eigenvalue weighted by Crippen LogP contribution is -1.92. The number of fused-ring (bicyclic) bond motifs is 3. The van der Waals surface area contributed by atoms with Crippen molar-refractivity contribution in [2.24, 2.45) is 0 Å². The van der Waals surface area contributed by atoms with Gasteiger partial charge in [-0.1, -0.05) is 97.1 Å². The summed E-state index contributed by atoms with van der Waals surface area (Å²) < 4.78 is 0. The zero-order chi connectivity index (χ0) is 19.6. The van der Waals surface area contributed by atoms with Gasteiger partial charge in [0.05, 0.1) is 12.5 Å². The number of nitriles is 1. The van der Waals surface area contributed by atoms with Gasteiger partial charge in [-0.2, -0.15) is 5.26 Å². The van der Waals surface area contributed by atoms with Crippen molar-refractivity contribution in [3.63, 3.8) is 0 Å². The highest BCUT2D eigenvalue weighted by Crippen LogP contribution is 2.44. The van der Waals surface area contributed by atoms with Gasteiger partial charge in [0.1, 0.15) is 0 Å². The van der Waals surface area contributed by atoms with Gasteiger partial charge >= 0.3 is 0 Å². The van der Waals surface area contributed by atoms with Crippen LogP contribution in [0.15, 0.2) is 103 Å². The maximum Gasteiger partial charge on any atom is 0.0669 e. The Balaban J connectivity index is 2.01. The largest absolute Gasteiger partial charge is 0.198 e. The van der Waals surface area contributed by atoms with Gasteiger partial charge in [-0.3, -0.25) is 0 Å². The van der Waals surface area contributed by atoms with Gasteiger partial charge in [-0.25, -0.2) is 0 Å². The van der Waals surface area contributed by atoms with Crippen molar-refractivity contribution in [1.29, 1.82) is 5.26 Å². The number of hydrogen-bond acceptors (Lipinski definition) is 1. The molecule has 0 heterocycles. The summed E-state index contributed by atoms with van der Waals surface area (Å²) in [6.07, 6.45) is 0.422. The molecule has 0 aliphatic rings. The highest BCUT2D eigenvalue weighted by atomic mass is 14.2. The molecule has 5 aromatic rings. The average Bonchev–Trinajstić information content (AvgIpc) is 2.79. The molecule has 0 fully saturated rings. The average molecular weight is 369 g/mol. The Morgan fingerprint density at radius 3 is 1.62 bits per heavy atom. The Bertz CT molecular complexity index is 1360. The first-order chi connectivity index (χ1) is 14.4. The molecule has 0 unspecified atom stereocenters. The van der Waals surface area contributed by atoms with Crippen LogP contribution < -0.4 is 0 Å². The first-order valence-electron chi connectivity index (χ1n) is 9.82. The van der Waals surface area contributed by atoms with Crippen molar-refractivity contribution in [2.45, 2.75) is 6.42 Å². The normalized spacial score (nSPS) is 10.9. The Morgan fingerprint density at radius 1 is 0.517 bits per heavy atom. The predicted molar refractivity (Wildman–Crippen MR) is 122 cm³/mol. The molecule has 0 atom stereocenters. The minimum atomic E-state index is 0.422. The van der Waals surface area contributed by atoms with Crippen molar-refractivity contribution in [2.75, 3.05) is 0 Å². The molecule has 0 saturated heterocycles. The van der Waals surface area contributed by atoms with Crippen molar-refractivity contribution in [1.82, 2.24) is 0 Å². The fourth-order valence-corrected chi connectivity index (χ4v) is 4.25. The molecular weight excluding hydrogens is 350 g/mol. The van der Waals surface area contributed by atoms with Crippen LogP contribution in [-0.2, 0) is 6.42 Å². The fraction of sp³-hybridized carbons (Fsp3) is 0.0357. The second-order valence-electron chi connectivity index (χ2n) is 7.24. The summed E-state index contributed by atoms with van der Waals surface area (Å²) in [6.45, 7) is 0. The molecule has 0 spiro atoms. The van der Waals surface area contributed by atoms with Crippen LogP contribution in [0, 0.1) is 11.3 Å². The van der Waals surface area contributed by atoms with E-state index in [1.165, 1.54) is 43.8 Å². The number of benzene rings is 5. The van der Waals surface area contributed by atoms with Gasteiger partial charge in [-0.15, -0.1) is 0 Å². The smallest absolute Gasteiger partial charge is 0.0669 e. The van der Waals surface area contributed by atoms with Crippen LogP contribution in [0.2, 0.25) is 0 Å². The monoisotopic (exact) mass is 369 g/mol. The summed E-state index contributed by atoms with van der Waals surface area (Å²) in [7, 11) is 0. The van der Waals surface area contributed by atoms with E-state index in [4.69, 9.17) is 0 Å². The van der Waals surface area contributed by atoms with Gasteiger partial charge in [0.2, 0.25) is 0 Å². The molecule has 0 aromatic heterocycles. The van der Waals surface area contributed by atoms with E-state index in [2.05, 4.69) is 109 Å². The zero-order valence-electron chi connectivity index (χ0n) is 16.0. The lowest BCUT2D eigenvalue weighted by Gasteiger charge is -2.19. The molecule has 0 bridgehead atoms. The number of nitrogens with zero attached hydrogens (tertiary/aromatic N) is 1. The van der Waals surface area contributed by atoms with E-state index in [-0.39, 0.29) is 0 Å². The zero-order valence-corrected chi connectivity index (χ0v) is 16.0. The predicted octanol–water partition coefficient (Wildman–Crippen LogP) is 7.39. The summed E-state index contributed by atoms with van der Waals surface area (Å²) in [5.74, 6) is 0. The van der Waals surface area contributed by atoms with Crippen LogP contribution in [0.1, 0.15) is 5.56 Å². The van der Waals surface area contributed by atoms with Gasteiger partial charge in [0.25, 0.3) is 0 Å². The molecule has 0 radical (unpaired) electrons. The third-order valence-corrected chi connectivity index (χ3v) is 5.50. The van der Waals surface area contributed by atoms with Crippen molar-refractivity contribution >= 4 is 21.5 Å². The highest BCUT2D eigenvalue weighted by Gasteiger charge is 2.17. The maximum absolute atomic E-state index is 9.18. The van der Waals surface area contributed by atoms with Crippen molar-refractivity contribution in [3.05, 3.63) is 109 Å². The Labute approximate surface area is 170 Å². The Hall–Kier alpha value is -3.89. The highest BCUT2D eigenvalue weighted by molar-refractivity contribution is 6.21. The lowest BCUT2D eigenvalue weighted by molar-refractivity contribution is 1.27. The second-order valence-corrected chi connectivity index (χ2v) is 7.24. The van der Waals surface area contributed by atoms with E-state index in [1.807, 2.05) is 0 Å². The molecule has 0 aliphatic carbocycles. The fourth-order valence-electron chi connectivity index (χ4n) is 4.25. The van der Waals surface area contributed by atoms with Crippen LogP contribution in [0.5, 0.6) is 0 Å². The Morgan fingerprint density at radius 2 is 1.03 bits per heavy atom. The van der Waals surface area contributed by atoms with E-state index in [1.54, 1.807) is 0 Å². The molecule has 5 aromatic carbocycles. The number of rotatable bonds is 3. The topological polar surface area (TPSA) is 23.8 Å². The summed E-state index contributed by atoms with van der Waals surface area (Å²) >= 11 is 0. The summed E-state index contributed by atoms with van der Waals surface area (Å²) in [5, 5.41) is 14.1. The molecule has 1 heteroatoms. The minimum Gasteiger partial charge on any atom is -0.198 e. The quantitative estimate of drug-likeness (QED) is 0.304. The van der Waals surface area contributed by atoms with E-state index in [0.29, 0.717) is 6.42 Å². The van der Waals surface area contributed by atoms with Crippen molar-refractivity contribution in [3.8, 4) is 28.3 Å². The van der Waals surface area contributed by atoms with Crippen LogP contribution in [0.3, 0.4) is 0 Å². The third kappa shape index (κ3) is 2.96. The van der Waals surface area contributed by atoms with Gasteiger partial charge in [0.15, 0.2) is 0 Å². The summed E-state index contributed by atoms with van der Waals surface area (Å²) in [5.41, 5.74) is 5.97. The molecule has 1 nitrogen and oxygen atoms in total. The molecule has 0 aliphatic heterocycles. The molecule has 0 amide bonds. The van der Waals surface area contributed by atoms with Crippen LogP contribution >= 0.6 is 0 Å². The van der Waals surface area contributed by atoms with Gasteiger partial charge < -0.3 is 0 Å². The molecular formula is C28H19N. The van der Waals surface area contributed by atoms with Gasteiger partial charge in [-0.05, 0) is 55.4 Å². The molecule has 29 heavy (non-hydrogen) atoms. The van der Waals surface area contributed by atoms with E-state index in [9.17, 15) is 5.26 Å². The standard InChI is InChI=1S/C28H19N/c29-18-17-20-15-16-25-26(19-20)23-13-7-8-14-24(23)27(21-9-3-1-4-10-21)28(25)22-11-5-2-6-12-22/h1-16,19H,17H2. The van der Waals surface area contributed by atoms with E-state index in [0.717, 1.165) is 5.56 Å². The molecule has 136 valence electrons. The van der Waals surface area contributed by atoms with Gasteiger partial charge in [0, 0.05) is 0 Å². The first-order valence-corrected chi connectivity index (χ1v) is 9.82.